The average molecular weight is 322 g/mol. The molecule has 6 nitrogen and oxygen atoms in total. The van der Waals surface area contributed by atoms with Crippen molar-refractivity contribution < 1.29 is 24.5 Å². The van der Waals surface area contributed by atoms with Crippen LogP contribution in [0.3, 0.4) is 0 Å². The molecular formula is C15H12ClNO5. The Kier molecular flexibility index (Phi) is 4.53. The number of methoxy groups -OCH3 is 1. The lowest BCUT2D eigenvalue weighted by Gasteiger charge is -2.11. The number of nitrogens with one attached hydrogen (secondary N) is 1. The number of benzene rings is 2. The van der Waals surface area contributed by atoms with Crippen LogP contribution in [-0.4, -0.2) is 29.2 Å². The first-order valence-electron chi connectivity index (χ1n) is 6.13. The number of carbonyl (C=O) groups is 2. The van der Waals surface area contributed by atoms with Crippen LogP contribution in [0.1, 0.15) is 20.7 Å². The molecule has 7 heteroatoms. The summed E-state index contributed by atoms with van der Waals surface area (Å²) in [4.78, 5) is 23.1. The van der Waals surface area contributed by atoms with Crippen molar-refractivity contribution >= 4 is 29.2 Å². The minimum atomic E-state index is -1.11. The molecule has 0 aromatic heterocycles. The van der Waals surface area contributed by atoms with E-state index in [4.69, 9.17) is 21.4 Å². The monoisotopic (exact) mass is 321 g/mol. The molecule has 1 amide bonds. The Balaban J connectivity index is 2.32. The fourth-order valence-electron chi connectivity index (χ4n) is 1.81. The molecule has 0 spiro atoms. The van der Waals surface area contributed by atoms with E-state index in [9.17, 15) is 14.7 Å². The number of phenolic OH excluding ortho intramolecular Hbond substituents is 1. The van der Waals surface area contributed by atoms with Gasteiger partial charge in [0.2, 0.25) is 0 Å². The fraction of sp³-hybridized carbons (Fsp3) is 0.0667. The number of hydrogen-bond acceptors (Lipinski definition) is 4. The molecule has 0 atom stereocenters. The first-order chi connectivity index (χ1) is 10.4. The van der Waals surface area contributed by atoms with E-state index in [1.807, 2.05) is 0 Å². The highest BCUT2D eigenvalue weighted by Crippen LogP contribution is 2.28. The highest BCUT2D eigenvalue weighted by molar-refractivity contribution is 6.31. The summed E-state index contributed by atoms with van der Waals surface area (Å²) >= 11 is 5.80. The largest absolute Gasteiger partial charge is 0.507 e. The molecule has 2 aromatic rings. The molecule has 0 unspecified atom stereocenters. The Hall–Kier alpha value is -2.73. The average Bonchev–Trinajstić information content (AvgIpc) is 2.49. The summed E-state index contributed by atoms with van der Waals surface area (Å²) in [5, 5.41) is 21.5. The minimum Gasteiger partial charge on any atom is -0.507 e. The number of aromatic hydroxyl groups is 1. The normalized spacial score (nSPS) is 10.1. The number of carboxylic acid groups (broad SMARTS) is 1. The molecule has 0 bridgehead atoms. The lowest BCUT2D eigenvalue weighted by atomic mass is 10.1. The zero-order valence-corrected chi connectivity index (χ0v) is 12.2. The van der Waals surface area contributed by atoms with Gasteiger partial charge in [0, 0.05) is 5.02 Å². The Morgan fingerprint density at radius 2 is 1.91 bits per heavy atom. The number of carbonyl (C=O) groups excluding carboxylic acids is 1. The predicted molar refractivity (Wildman–Crippen MR) is 81.0 cm³/mol. The number of halogens is 1. The fourth-order valence-corrected chi connectivity index (χ4v) is 1.98. The summed E-state index contributed by atoms with van der Waals surface area (Å²) in [5.74, 6) is -1.73. The van der Waals surface area contributed by atoms with E-state index in [1.165, 1.54) is 43.5 Å². The molecule has 0 saturated carbocycles. The summed E-state index contributed by atoms with van der Waals surface area (Å²) in [6.07, 6.45) is 0. The number of aromatic carboxylic acids is 1. The summed E-state index contributed by atoms with van der Waals surface area (Å²) in [5.41, 5.74) is 0.300. The van der Waals surface area contributed by atoms with Crippen molar-refractivity contribution in [2.24, 2.45) is 0 Å². The number of anilines is 1. The van der Waals surface area contributed by atoms with Crippen molar-refractivity contribution in [3.8, 4) is 11.5 Å². The highest BCUT2D eigenvalue weighted by Gasteiger charge is 2.15. The van der Waals surface area contributed by atoms with E-state index < -0.39 is 11.9 Å². The maximum absolute atomic E-state index is 12.2. The van der Waals surface area contributed by atoms with Gasteiger partial charge in [0.05, 0.1) is 23.9 Å². The first kappa shape index (κ1) is 15.7. The standard InChI is InChI=1S/C15H12ClNO5/c1-22-13-6-8(15(20)21)2-4-11(13)17-14(19)10-7-9(16)3-5-12(10)18/h2-7,18H,1H3,(H,17,19)(H,20,21). The van der Waals surface area contributed by atoms with Crippen LogP contribution in [0, 0.1) is 0 Å². The number of rotatable bonds is 4. The Morgan fingerprint density at radius 1 is 1.18 bits per heavy atom. The Bertz CT molecular complexity index is 745. The van der Waals surface area contributed by atoms with Gasteiger partial charge in [0.1, 0.15) is 11.5 Å². The molecule has 0 heterocycles. The molecule has 0 radical (unpaired) electrons. The molecule has 0 aliphatic heterocycles. The van der Waals surface area contributed by atoms with Gasteiger partial charge in [0.25, 0.3) is 5.91 Å². The molecule has 2 rings (SSSR count). The highest BCUT2D eigenvalue weighted by atomic mass is 35.5. The van der Waals surface area contributed by atoms with Crippen molar-refractivity contribution in [1.29, 1.82) is 0 Å². The van der Waals surface area contributed by atoms with Gasteiger partial charge in [-0.1, -0.05) is 11.6 Å². The molecule has 0 saturated heterocycles. The van der Waals surface area contributed by atoms with Gasteiger partial charge in [-0.3, -0.25) is 4.79 Å². The third-order valence-corrected chi connectivity index (χ3v) is 3.13. The Labute approximate surface area is 130 Å². The molecule has 22 heavy (non-hydrogen) atoms. The number of amides is 1. The molecule has 0 fully saturated rings. The van der Waals surface area contributed by atoms with E-state index in [2.05, 4.69) is 5.32 Å². The topological polar surface area (TPSA) is 95.9 Å². The van der Waals surface area contributed by atoms with Crippen LogP contribution in [0.5, 0.6) is 11.5 Å². The number of ether oxygens (including phenoxy) is 1. The third-order valence-electron chi connectivity index (χ3n) is 2.90. The molecule has 2 aromatic carbocycles. The second kappa shape index (κ2) is 6.36. The minimum absolute atomic E-state index is 0.00290. The molecule has 0 aliphatic rings. The number of phenols is 1. The SMILES string of the molecule is COc1cc(C(=O)O)ccc1NC(=O)c1cc(Cl)ccc1O. The second-order valence-electron chi connectivity index (χ2n) is 4.34. The van der Waals surface area contributed by atoms with Crippen LogP contribution in [0.4, 0.5) is 5.69 Å². The van der Waals surface area contributed by atoms with Gasteiger partial charge >= 0.3 is 5.97 Å². The predicted octanol–water partition coefficient (Wildman–Crippen LogP) is 3.00. The zero-order valence-electron chi connectivity index (χ0n) is 11.5. The van der Waals surface area contributed by atoms with Crippen LogP contribution < -0.4 is 10.1 Å². The summed E-state index contributed by atoms with van der Waals surface area (Å²) in [6.45, 7) is 0. The molecule has 3 N–H and O–H groups in total. The van der Waals surface area contributed by atoms with E-state index in [-0.39, 0.29) is 28.3 Å². The van der Waals surface area contributed by atoms with Crippen molar-refractivity contribution in [2.45, 2.75) is 0 Å². The second-order valence-corrected chi connectivity index (χ2v) is 4.77. The van der Waals surface area contributed by atoms with Crippen LogP contribution in [-0.2, 0) is 0 Å². The summed E-state index contributed by atoms with van der Waals surface area (Å²) < 4.78 is 5.06. The van der Waals surface area contributed by atoms with Crippen molar-refractivity contribution in [3.63, 3.8) is 0 Å². The van der Waals surface area contributed by atoms with Gasteiger partial charge in [-0.25, -0.2) is 4.79 Å². The van der Waals surface area contributed by atoms with Gasteiger partial charge < -0.3 is 20.3 Å². The lowest BCUT2D eigenvalue weighted by Crippen LogP contribution is -2.13. The summed E-state index contributed by atoms with van der Waals surface area (Å²) in [6, 6.07) is 8.11. The van der Waals surface area contributed by atoms with E-state index in [0.717, 1.165) is 0 Å². The van der Waals surface area contributed by atoms with Gasteiger partial charge in [0.15, 0.2) is 0 Å². The smallest absolute Gasteiger partial charge is 0.335 e. The Morgan fingerprint density at radius 3 is 2.55 bits per heavy atom. The number of hydrogen-bond donors (Lipinski definition) is 3. The molecular weight excluding hydrogens is 310 g/mol. The van der Waals surface area contributed by atoms with Crippen LogP contribution in [0.2, 0.25) is 5.02 Å². The maximum Gasteiger partial charge on any atom is 0.335 e. The van der Waals surface area contributed by atoms with Crippen LogP contribution in [0.25, 0.3) is 0 Å². The quantitative estimate of drug-likeness (QED) is 0.804. The van der Waals surface area contributed by atoms with E-state index in [1.54, 1.807) is 0 Å². The molecule has 114 valence electrons. The van der Waals surface area contributed by atoms with Crippen molar-refractivity contribution in [2.75, 3.05) is 12.4 Å². The zero-order chi connectivity index (χ0) is 16.3. The number of carboxylic acids is 1. The molecule has 0 aliphatic carbocycles. The van der Waals surface area contributed by atoms with Crippen molar-refractivity contribution in [1.82, 2.24) is 0 Å². The van der Waals surface area contributed by atoms with Crippen LogP contribution >= 0.6 is 11.6 Å². The maximum atomic E-state index is 12.2. The van der Waals surface area contributed by atoms with Crippen molar-refractivity contribution in [3.05, 3.63) is 52.5 Å². The lowest BCUT2D eigenvalue weighted by molar-refractivity contribution is 0.0696. The third kappa shape index (κ3) is 3.29. The van der Waals surface area contributed by atoms with Gasteiger partial charge in [-0.15, -0.1) is 0 Å². The first-order valence-corrected chi connectivity index (χ1v) is 6.51. The van der Waals surface area contributed by atoms with E-state index >= 15 is 0 Å². The van der Waals surface area contributed by atoms with Gasteiger partial charge in [-0.05, 0) is 36.4 Å². The summed E-state index contributed by atoms with van der Waals surface area (Å²) in [7, 11) is 1.35. The van der Waals surface area contributed by atoms with Crippen LogP contribution in [0.15, 0.2) is 36.4 Å². The van der Waals surface area contributed by atoms with E-state index in [0.29, 0.717) is 5.02 Å². The van der Waals surface area contributed by atoms with Gasteiger partial charge in [-0.2, -0.15) is 0 Å².